The Bertz CT molecular complexity index is 767. The Labute approximate surface area is 149 Å². The zero-order valence-electron chi connectivity index (χ0n) is 14.3. The molecule has 1 aromatic rings. The minimum absolute atomic E-state index is 0.0755. The van der Waals surface area contributed by atoms with E-state index < -0.39 is 29.7 Å². The number of hydrogen-bond donors (Lipinski definition) is 1. The van der Waals surface area contributed by atoms with Crippen molar-refractivity contribution >= 4 is 29.3 Å². The first-order chi connectivity index (χ1) is 12.5. The first-order valence-electron chi connectivity index (χ1n) is 8.40. The van der Waals surface area contributed by atoms with Crippen LogP contribution < -0.4 is 10.1 Å². The van der Waals surface area contributed by atoms with Crippen LogP contribution >= 0.6 is 0 Å². The maximum Gasteiger partial charge on any atom is 0.323 e. The van der Waals surface area contributed by atoms with Crippen LogP contribution in [0.3, 0.4) is 0 Å². The fourth-order valence-corrected chi connectivity index (χ4v) is 2.90. The second-order valence-electron chi connectivity index (χ2n) is 6.20. The van der Waals surface area contributed by atoms with Crippen LogP contribution in [0.15, 0.2) is 18.2 Å². The van der Waals surface area contributed by atoms with Crippen molar-refractivity contribution in [1.29, 1.82) is 0 Å². The van der Waals surface area contributed by atoms with Gasteiger partial charge in [-0.05, 0) is 44.4 Å². The molecule has 1 aliphatic heterocycles. The van der Waals surface area contributed by atoms with Crippen LogP contribution in [0.4, 0.5) is 5.69 Å². The SMILES string of the molecule is CCOC(=O)C1(C(=O)OCC(=O)c2ccc3c(c2)NC(=O)CO3)CCC1. The zero-order valence-corrected chi connectivity index (χ0v) is 14.3. The molecule has 0 bridgehead atoms. The van der Waals surface area contributed by atoms with Gasteiger partial charge in [0, 0.05) is 5.56 Å². The van der Waals surface area contributed by atoms with E-state index in [4.69, 9.17) is 14.2 Å². The van der Waals surface area contributed by atoms with Gasteiger partial charge in [-0.2, -0.15) is 0 Å². The number of ketones is 1. The maximum atomic E-state index is 12.3. The molecule has 1 aliphatic carbocycles. The van der Waals surface area contributed by atoms with E-state index in [1.165, 1.54) is 12.1 Å². The molecule has 0 saturated heterocycles. The number of carbonyl (C=O) groups excluding carboxylic acids is 4. The van der Waals surface area contributed by atoms with Crippen molar-refractivity contribution in [3.8, 4) is 5.75 Å². The van der Waals surface area contributed by atoms with E-state index in [2.05, 4.69) is 5.32 Å². The van der Waals surface area contributed by atoms with Crippen molar-refractivity contribution in [3.05, 3.63) is 23.8 Å². The third-order valence-corrected chi connectivity index (χ3v) is 4.53. The molecule has 0 atom stereocenters. The number of fused-ring (bicyclic) bond motifs is 1. The summed E-state index contributed by atoms with van der Waals surface area (Å²) in [5, 5.41) is 2.61. The van der Waals surface area contributed by atoms with Crippen LogP contribution in [-0.4, -0.2) is 43.4 Å². The van der Waals surface area contributed by atoms with Gasteiger partial charge in [0.2, 0.25) is 0 Å². The van der Waals surface area contributed by atoms with Gasteiger partial charge in [0.05, 0.1) is 12.3 Å². The number of carbonyl (C=O) groups is 4. The molecular formula is C18H19NO7. The van der Waals surface area contributed by atoms with Crippen LogP contribution in [0.2, 0.25) is 0 Å². The number of hydrogen-bond acceptors (Lipinski definition) is 7. The molecule has 0 unspecified atom stereocenters. The Morgan fingerprint density at radius 3 is 2.58 bits per heavy atom. The number of nitrogens with one attached hydrogen (secondary N) is 1. The van der Waals surface area contributed by atoms with Crippen LogP contribution in [-0.2, 0) is 23.9 Å². The highest BCUT2D eigenvalue weighted by Crippen LogP contribution is 2.43. The molecule has 1 N–H and O–H groups in total. The molecule has 1 aromatic carbocycles. The van der Waals surface area contributed by atoms with Gasteiger partial charge in [-0.3, -0.25) is 19.2 Å². The fraction of sp³-hybridized carbons (Fsp3) is 0.444. The van der Waals surface area contributed by atoms with E-state index in [1.807, 2.05) is 0 Å². The van der Waals surface area contributed by atoms with Crippen LogP contribution in [0.25, 0.3) is 0 Å². The van der Waals surface area contributed by atoms with Gasteiger partial charge in [-0.25, -0.2) is 0 Å². The lowest BCUT2D eigenvalue weighted by molar-refractivity contribution is -0.178. The minimum Gasteiger partial charge on any atom is -0.482 e. The molecule has 2 aliphatic rings. The summed E-state index contributed by atoms with van der Waals surface area (Å²) in [6.07, 6.45) is 1.45. The molecule has 1 amide bonds. The van der Waals surface area contributed by atoms with Gasteiger partial charge in [0.25, 0.3) is 5.91 Å². The van der Waals surface area contributed by atoms with Gasteiger partial charge in [0.15, 0.2) is 24.4 Å². The summed E-state index contributed by atoms with van der Waals surface area (Å²) in [6.45, 7) is 1.27. The summed E-state index contributed by atoms with van der Waals surface area (Å²) < 4.78 is 15.3. The van der Waals surface area contributed by atoms with Crippen LogP contribution in [0.1, 0.15) is 36.5 Å². The highest BCUT2D eigenvalue weighted by molar-refractivity contribution is 6.04. The largest absolute Gasteiger partial charge is 0.482 e. The molecular weight excluding hydrogens is 342 g/mol. The minimum atomic E-state index is -1.28. The number of ether oxygens (including phenoxy) is 3. The first kappa shape index (κ1) is 17.9. The van der Waals surface area contributed by atoms with Crippen molar-refractivity contribution in [2.24, 2.45) is 5.41 Å². The van der Waals surface area contributed by atoms with Crippen LogP contribution in [0, 0.1) is 5.41 Å². The molecule has 0 spiro atoms. The molecule has 0 radical (unpaired) electrons. The Morgan fingerprint density at radius 2 is 1.92 bits per heavy atom. The van der Waals surface area contributed by atoms with Gasteiger partial charge in [-0.15, -0.1) is 0 Å². The molecule has 138 valence electrons. The summed E-state index contributed by atoms with van der Waals surface area (Å²) in [7, 11) is 0. The topological polar surface area (TPSA) is 108 Å². The number of anilines is 1. The quantitative estimate of drug-likeness (QED) is 0.464. The highest BCUT2D eigenvalue weighted by atomic mass is 16.6. The van der Waals surface area contributed by atoms with Crippen molar-refractivity contribution < 1.29 is 33.4 Å². The Morgan fingerprint density at radius 1 is 1.19 bits per heavy atom. The normalized spacial score (nSPS) is 17.0. The standard InChI is InChI=1S/C18H19NO7/c1-2-24-16(22)18(6-3-7-18)17(23)26-9-13(20)11-4-5-14-12(8-11)19-15(21)10-25-14/h4-5,8H,2-3,6-7,9-10H2,1H3,(H,19,21). The molecule has 8 heteroatoms. The van der Waals surface area contributed by atoms with Crippen molar-refractivity contribution in [2.75, 3.05) is 25.1 Å². The average molecular weight is 361 g/mol. The van der Waals surface area contributed by atoms with E-state index in [9.17, 15) is 19.2 Å². The van der Waals surface area contributed by atoms with Crippen molar-refractivity contribution in [2.45, 2.75) is 26.2 Å². The van der Waals surface area contributed by atoms with Crippen LogP contribution in [0.5, 0.6) is 5.75 Å². The summed E-state index contributed by atoms with van der Waals surface area (Å²) in [6, 6.07) is 4.56. The highest BCUT2D eigenvalue weighted by Gasteiger charge is 2.53. The number of rotatable bonds is 6. The molecule has 3 rings (SSSR count). The van der Waals surface area contributed by atoms with Gasteiger partial charge in [-0.1, -0.05) is 0 Å². The number of esters is 2. The Hall–Kier alpha value is -2.90. The monoisotopic (exact) mass is 361 g/mol. The number of Topliss-reactive ketones (excluding diaryl/α,β-unsaturated/α-hetero) is 1. The molecule has 1 fully saturated rings. The molecule has 1 heterocycles. The van der Waals surface area contributed by atoms with Crippen molar-refractivity contribution in [1.82, 2.24) is 0 Å². The predicted molar refractivity (Wildman–Crippen MR) is 88.8 cm³/mol. The van der Waals surface area contributed by atoms with Gasteiger partial charge < -0.3 is 19.5 Å². The molecule has 0 aromatic heterocycles. The summed E-state index contributed by atoms with van der Waals surface area (Å²) >= 11 is 0. The lowest BCUT2D eigenvalue weighted by Crippen LogP contribution is -2.47. The Balaban J connectivity index is 1.63. The molecule has 26 heavy (non-hydrogen) atoms. The summed E-state index contributed by atoms with van der Waals surface area (Å²) in [4.78, 5) is 48.0. The van der Waals surface area contributed by atoms with E-state index >= 15 is 0 Å². The lowest BCUT2D eigenvalue weighted by Gasteiger charge is -2.36. The summed E-state index contributed by atoms with van der Waals surface area (Å²) in [5.41, 5.74) is -0.630. The fourth-order valence-electron chi connectivity index (χ4n) is 2.90. The second-order valence-corrected chi connectivity index (χ2v) is 6.20. The zero-order chi connectivity index (χ0) is 18.7. The lowest BCUT2D eigenvalue weighted by atomic mass is 9.69. The maximum absolute atomic E-state index is 12.3. The molecule has 8 nitrogen and oxygen atoms in total. The average Bonchev–Trinajstić information content (AvgIpc) is 2.58. The second kappa shape index (κ2) is 7.15. The van der Waals surface area contributed by atoms with E-state index in [1.54, 1.807) is 13.0 Å². The number of benzene rings is 1. The van der Waals surface area contributed by atoms with Crippen molar-refractivity contribution in [3.63, 3.8) is 0 Å². The third-order valence-electron chi connectivity index (χ3n) is 4.53. The smallest absolute Gasteiger partial charge is 0.323 e. The van der Waals surface area contributed by atoms with E-state index in [-0.39, 0.29) is 24.7 Å². The van der Waals surface area contributed by atoms with E-state index in [0.717, 1.165) is 6.42 Å². The molecule has 1 saturated carbocycles. The van der Waals surface area contributed by atoms with Gasteiger partial charge >= 0.3 is 11.9 Å². The Kier molecular flexibility index (Phi) is 4.92. The summed E-state index contributed by atoms with van der Waals surface area (Å²) in [5.74, 6) is -1.62. The predicted octanol–water partition coefficient (Wildman–Crippen LogP) is 1.48. The van der Waals surface area contributed by atoms with Gasteiger partial charge in [0.1, 0.15) is 5.75 Å². The first-order valence-corrected chi connectivity index (χ1v) is 8.40. The third kappa shape index (κ3) is 3.26. The van der Waals surface area contributed by atoms with E-state index in [0.29, 0.717) is 24.3 Å². The number of amides is 1.